The van der Waals surface area contributed by atoms with Crippen LogP contribution in [-0.4, -0.2) is 27.1 Å². The SMILES string of the molecule is O=C(N/N=C\c1cccc([N+](=O)[O-])c1O)c1cc2cc([N+](=O)[O-])ccc2o1. The van der Waals surface area contributed by atoms with Gasteiger partial charge in [0.15, 0.2) is 5.76 Å². The van der Waals surface area contributed by atoms with Gasteiger partial charge in [-0.05, 0) is 18.2 Å². The predicted octanol–water partition coefficient (Wildman–Crippen LogP) is 2.72. The molecule has 1 aromatic heterocycles. The average Bonchev–Trinajstić information content (AvgIpc) is 3.06. The summed E-state index contributed by atoms with van der Waals surface area (Å²) >= 11 is 0. The average molecular weight is 370 g/mol. The van der Waals surface area contributed by atoms with Gasteiger partial charge in [-0.15, -0.1) is 0 Å². The lowest BCUT2D eigenvalue weighted by Gasteiger charge is -1.99. The van der Waals surface area contributed by atoms with Gasteiger partial charge in [0.05, 0.1) is 16.1 Å². The van der Waals surface area contributed by atoms with Crippen LogP contribution in [0, 0.1) is 20.2 Å². The van der Waals surface area contributed by atoms with Crippen LogP contribution in [0.15, 0.2) is 52.0 Å². The van der Waals surface area contributed by atoms with Crippen molar-refractivity contribution in [3.8, 4) is 5.75 Å². The fraction of sp³-hybridized carbons (Fsp3) is 0. The number of furan rings is 1. The first-order valence-corrected chi connectivity index (χ1v) is 7.34. The van der Waals surface area contributed by atoms with Crippen LogP contribution in [0.3, 0.4) is 0 Å². The normalized spacial score (nSPS) is 11.0. The minimum Gasteiger partial charge on any atom is -0.502 e. The minimum atomic E-state index is -0.751. The lowest BCUT2D eigenvalue weighted by atomic mass is 10.2. The van der Waals surface area contributed by atoms with Crippen molar-refractivity contribution in [2.24, 2.45) is 5.10 Å². The number of nitro groups is 2. The van der Waals surface area contributed by atoms with Crippen LogP contribution in [0.5, 0.6) is 5.75 Å². The van der Waals surface area contributed by atoms with Gasteiger partial charge in [0, 0.05) is 29.1 Å². The Kier molecular flexibility index (Phi) is 4.49. The van der Waals surface area contributed by atoms with E-state index in [1.54, 1.807) is 0 Å². The Bertz CT molecular complexity index is 1100. The molecule has 0 aliphatic heterocycles. The highest BCUT2D eigenvalue weighted by Crippen LogP contribution is 2.28. The summed E-state index contributed by atoms with van der Waals surface area (Å²) in [6, 6.07) is 9.05. The number of aromatic hydroxyl groups is 1. The molecule has 136 valence electrons. The largest absolute Gasteiger partial charge is 0.502 e. The van der Waals surface area contributed by atoms with E-state index in [-0.39, 0.29) is 22.6 Å². The van der Waals surface area contributed by atoms with Crippen molar-refractivity contribution in [2.75, 3.05) is 0 Å². The standard InChI is InChI=1S/C16H10N4O7/c21-15-9(2-1-3-12(15)20(25)26)8-17-18-16(22)14-7-10-6-11(19(23)24)4-5-13(10)27-14/h1-8,21H,(H,18,22)/b17-8-. The van der Waals surface area contributed by atoms with E-state index >= 15 is 0 Å². The quantitative estimate of drug-likeness (QED) is 0.396. The summed E-state index contributed by atoms with van der Waals surface area (Å²) < 4.78 is 5.29. The molecule has 0 atom stereocenters. The van der Waals surface area contributed by atoms with E-state index in [4.69, 9.17) is 4.42 Å². The molecule has 1 heterocycles. The first kappa shape index (κ1) is 17.5. The fourth-order valence-electron chi connectivity index (χ4n) is 2.27. The number of nitrogens with zero attached hydrogens (tertiary/aromatic N) is 3. The Labute approximate surface area is 149 Å². The van der Waals surface area contributed by atoms with Crippen molar-refractivity contribution < 1.29 is 24.2 Å². The number of phenols is 1. The summed E-state index contributed by atoms with van der Waals surface area (Å²) in [6.07, 6.45) is 1.04. The zero-order chi connectivity index (χ0) is 19.6. The molecule has 3 rings (SSSR count). The van der Waals surface area contributed by atoms with Gasteiger partial charge in [-0.25, -0.2) is 5.43 Å². The molecule has 2 N–H and O–H groups in total. The van der Waals surface area contributed by atoms with Gasteiger partial charge in [0.1, 0.15) is 5.58 Å². The summed E-state index contributed by atoms with van der Waals surface area (Å²) in [4.78, 5) is 32.3. The number of non-ortho nitro benzene ring substituents is 1. The second-order valence-corrected chi connectivity index (χ2v) is 5.26. The highest BCUT2D eigenvalue weighted by atomic mass is 16.6. The van der Waals surface area contributed by atoms with Crippen molar-refractivity contribution in [2.45, 2.75) is 0 Å². The van der Waals surface area contributed by atoms with Crippen molar-refractivity contribution in [1.82, 2.24) is 5.43 Å². The van der Waals surface area contributed by atoms with Gasteiger partial charge < -0.3 is 9.52 Å². The molecular weight excluding hydrogens is 360 g/mol. The number of hydrogen-bond donors (Lipinski definition) is 2. The molecule has 0 radical (unpaired) electrons. The Morgan fingerprint density at radius 3 is 2.63 bits per heavy atom. The summed E-state index contributed by atoms with van der Waals surface area (Å²) in [7, 11) is 0. The summed E-state index contributed by atoms with van der Waals surface area (Å²) in [5.41, 5.74) is 1.82. The summed E-state index contributed by atoms with van der Waals surface area (Å²) in [5.74, 6) is -1.46. The number of hydrazone groups is 1. The van der Waals surface area contributed by atoms with Crippen LogP contribution in [0.4, 0.5) is 11.4 Å². The number of hydrogen-bond acceptors (Lipinski definition) is 8. The van der Waals surface area contributed by atoms with Crippen LogP contribution in [0.1, 0.15) is 16.1 Å². The fourth-order valence-corrected chi connectivity index (χ4v) is 2.27. The zero-order valence-electron chi connectivity index (χ0n) is 13.4. The molecule has 11 heteroatoms. The van der Waals surface area contributed by atoms with E-state index in [9.17, 15) is 30.1 Å². The molecule has 0 aliphatic carbocycles. The van der Waals surface area contributed by atoms with Gasteiger partial charge in [-0.1, -0.05) is 6.07 Å². The molecule has 0 unspecified atom stereocenters. The van der Waals surface area contributed by atoms with Gasteiger partial charge in [0.2, 0.25) is 5.75 Å². The second kappa shape index (κ2) is 6.92. The van der Waals surface area contributed by atoms with E-state index in [1.807, 2.05) is 0 Å². The number of para-hydroxylation sites is 1. The van der Waals surface area contributed by atoms with E-state index < -0.39 is 27.2 Å². The maximum Gasteiger partial charge on any atom is 0.311 e. The zero-order valence-corrected chi connectivity index (χ0v) is 13.4. The molecule has 0 saturated heterocycles. The van der Waals surface area contributed by atoms with Crippen LogP contribution >= 0.6 is 0 Å². The highest BCUT2D eigenvalue weighted by Gasteiger charge is 2.16. The summed E-state index contributed by atoms with van der Waals surface area (Å²) in [5, 5.41) is 35.3. The molecule has 2 aromatic carbocycles. The Hall–Kier alpha value is -4.28. The van der Waals surface area contributed by atoms with Crippen molar-refractivity contribution >= 4 is 34.5 Å². The topological polar surface area (TPSA) is 161 Å². The Morgan fingerprint density at radius 2 is 1.93 bits per heavy atom. The number of carbonyl (C=O) groups excluding carboxylic acids is 1. The number of fused-ring (bicyclic) bond motifs is 1. The van der Waals surface area contributed by atoms with Crippen LogP contribution in [0.25, 0.3) is 11.0 Å². The second-order valence-electron chi connectivity index (χ2n) is 5.26. The minimum absolute atomic E-state index is 0.0322. The Balaban J connectivity index is 1.77. The van der Waals surface area contributed by atoms with Crippen molar-refractivity contribution in [3.63, 3.8) is 0 Å². The third-order valence-electron chi connectivity index (χ3n) is 3.55. The van der Waals surface area contributed by atoms with E-state index in [2.05, 4.69) is 10.5 Å². The van der Waals surface area contributed by atoms with E-state index in [0.717, 1.165) is 12.3 Å². The molecule has 1 amide bonds. The molecular formula is C16H10N4O7. The molecule has 0 saturated carbocycles. The third-order valence-corrected chi connectivity index (χ3v) is 3.55. The van der Waals surface area contributed by atoms with Gasteiger partial charge >= 0.3 is 11.6 Å². The molecule has 0 fully saturated rings. The number of phenolic OH excluding ortho intramolecular Hbond substituents is 1. The number of nitrogens with one attached hydrogen (secondary N) is 1. The number of nitro benzene ring substituents is 2. The van der Waals surface area contributed by atoms with Crippen LogP contribution in [0.2, 0.25) is 0 Å². The molecule has 27 heavy (non-hydrogen) atoms. The van der Waals surface area contributed by atoms with Crippen LogP contribution < -0.4 is 5.43 Å². The monoisotopic (exact) mass is 370 g/mol. The lowest BCUT2D eigenvalue weighted by Crippen LogP contribution is -2.16. The molecule has 0 spiro atoms. The predicted molar refractivity (Wildman–Crippen MR) is 92.7 cm³/mol. The van der Waals surface area contributed by atoms with Crippen LogP contribution in [-0.2, 0) is 0 Å². The molecule has 11 nitrogen and oxygen atoms in total. The van der Waals surface area contributed by atoms with E-state index in [1.165, 1.54) is 36.4 Å². The molecule has 3 aromatic rings. The van der Waals surface area contributed by atoms with Crippen molar-refractivity contribution in [3.05, 3.63) is 74.0 Å². The smallest absolute Gasteiger partial charge is 0.311 e. The Morgan fingerprint density at radius 1 is 1.15 bits per heavy atom. The first-order valence-electron chi connectivity index (χ1n) is 7.34. The first-order chi connectivity index (χ1) is 12.9. The highest BCUT2D eigenvalue weighted by molar-refractivity contribution is 5.97. The number of benzene rings is 2. The van der Waals surface area contributed by atoms with Gasteiger partial charge in [-0.2, -0.15) is 5.10 Å². The number of amides is 1. The maximum atomic E-state index is 12.1. The maximum absolute atomic E-state index is 12.1. The number of carbonyl (C=O) groups is 1. The lowest BCUT2D eigenvalue weighted by molar-refractivity contribution is -0.385. The molecule has 0 aliphatic rings. The van der Waals surface area contributed by atoms with Crippen molar-refractivity contribution in [1.29, 1.82) is 0 Å². The van der Waals surface area contributed by atoms with Gasteiger partial charge in [-0.3, -0.25) is 25.0 Å². The van der Waals surface area contributed by atoms with E-state index in [0.29, 0.717) is 5.39 Å². The third kappa shape index (κ3) is 3.56. The molecule has 0 bridgehead atoms. The number of rotatable bonds is 5. The van der Waals surface area contributed by atoms with Gasteiger partial charge in [0.25, 0.3) is 5.69 Å². The summed E-state index contributed by atoms with van der Waals surface area (Å²) in [6.45, 7) is 0.